The number of piperazine rings is 1. The van der Waals surface area contributed by atoms with E-state index in [1.54, 1.807) is 7.11 Å². The van der Waals surface area contributed by atoms with Crippen LogP contribution in [0.2, 0.25) is 0 Å². The Morgan fingerprint density at radius 3 is 2.55 bits per heavy atom. The molecule has 1 atom stereocenters. The van der Waals surface area contributed by atoms with Crippen LogP contribution in [0.1, 0.15) is 43.2 Å². The maximum absolute atomic E-state index is 13.1. The zero-order chi connectivity index (χ0) is 20.5. The zero-order valence-electron chi connectivity index (χ0n) is 17.8. The van der Waals surface area contributed by atoms with Gasteiger partial charge in [-0.25, -0.2) is 0 Å². The topological polar surface area (TPSA) is 61.9 Å². The number of amides is 2. The highest BCUT2D eigenvalue weighted by atomic mass is 16.5. The van der Waals surface area contributed by atoms with Gasteiger partial charge in [0.15, 0.2) is 0 Å². The number of methoxy groups -OCH3 is 1. The molecule has 2 amide bonds. The van der Waals surface area contributed by atoms with Crippen molar-refractivity contribution in [3.63, 3.8) is 0 Å². The van der Waals surface area contributed by atoms with Gasteiger partial charge < -0.3 is 15.0 Å². The van der Waals surface area contributed by atoms with E-state index in [2.05, 4.69) is 16.3 Å². The third-order valence-corrected chi connectivity index (χ3v) is 6.71. The van der Waals surface area contributed by atoms with E-state index in [0.717, 1.165) is 23.4 Å². The third kappa shape index (κ3) is 4.58. The Bertz CT molecular complexity index is 761. The summed E-state index contributed by atoms with van der Waals surface area (Å²) in [6.45, 7) is 4.07. The van der Waals surface area contributed by atoms with Crippen LogP contribution in [-0.2, 0) is 16.1 Å². The summed E-state index contributed by atoms with van der Waals surface area (Å²) in [6, 6.07) is 6.09. The van der Waals surface area contributed by atoms with Gasteiger partial charge in [0.1, 0.15) is 5.75 Å². The van der Waals surface area contributed by atoms with E-state index in [1.807, 2.05) is 31.0 Å². The van der Waals surface area contributed by atoms with Crippen molar-refractivity contribution in [2.75, 3.05) is 27.2 Å². The number of benzene rings is 1. The first-order valence-electron chi connectivity index (χ1n) is 10.9. The van der Waals surface area contributed by atoms with E-state index in [-0.39, 0.29) is 18.2 Å². The highest BCUT2D eigenvalue weighted by Gasteiger charge is 2.45. The van der Waals surface area contributed by atoms with Crippen molar-refractivity contribution in [3.8, 4) is 5.75 Å². The third-order valence-electron chi connectivity index (χ3n) is 6.71. The molecule has 1 saturated heterocycles. The quantitative estimate of drug-likeness (QED) is 0.729. The van der Waals surface area contributed by atoms with Gasteiger partial charge in [-0.1, -0.05) is 12.1 Å². The van der Waals surface area contributed by atoms with Gasteiger partial charge in [-0.3, -0.25) is 14.5 Å². The fraction of sp³-hybridized carbons (Fsp3) is 0.652. The summed E-state index contributed by atoms with van der Waals surface area (Å²) in [7, 11) is 3.62. The Hall–Kier alpha value is -2.08. The van der Waals surface area contributed by atoms with Gasteiger partial charge >= 0.3 is 0 Å². The monoisotopic (exact) mass is 399 g/mol. The molecule has 1 heterocycles. The van der Waals surface area contributed by atoms with Crippen LogP contribution >= 0.6 is 0 Å². The second-order valence-corrected chi connectivity index (χ2v) is 8.96. The molecule has 1 aliphatic heterocycles. The zero-order valence-corrected chi connectivity index (χ0v) is 17.8. The molecule has 6 nitrogen and oxygen atoms in total. The molecule has 0 spiro atoms. The first-order chi connectivity index (χ1) is 14.0. The maximum Gasteiger partial charge on any atom is 0.237 e. The molecule has 1 unspecified atom stereocenters. The fourth-order valence-electron chi connectivity index (χ4n) is 4.82. The van der Waals surface area contributed by atoms with Crippen molar-refractivity contribution >= 4 is 11.8 Å². The molecule has 1 aromatic carbocycles. The molecule has 2 aliphatic carbocycles. The predicted molar refractivity (Wildman–Crippen MR) is 112 cm³/mol. The van der Waals surface area contributed by atoms with Crippen LogP contribution in [0.5, 0.6) is 5.75 Å². The number of rotatable bonds is 8. The average Bonchev–Trinajstić information content (AvgIpc) is 3.60. The van der Waals surface area contributed by atoms with Crippen molar-refractivity contribution < 1.29 is 14.3 Å². The van der Waals surface area contributed by atoms with Crippen molar-refractivity contribution in [2.45, 2.75) is 57.7 Å². The molecular weight excluding hydrogens is 366 g/mol. The highest BCUT2D eigenvalue weighted by Crippen LogP contribution is 2.47. The summed E-state index contributed by atoms with van der Waals surface area (Å²) in [4.78, 5) is 29.9. The smallest absolute Gasteiger partial charge is 0.237 e. The van der Waals surface area contributed by atoms with Gasteiger partial charge in [0.2, 0.25) is 11.8 Å². The molecule has 3 aliphatic rings. The number of nitrogens with zero attached hydrogens (tertiary/aromatic N) is 2. The summed E-state index contributed by atoms with van der Waals surface area (Å²) >= 11 is 0. The second kappa shape index (κ2) is 8.34. The SMILES string of the molecule is COc1ccc(CN2CCNC(=O)C2CC(=O)N(C)C(C2CC2)C2CC2)cc1C. The first-order valence-corrected chi connectivity index (χ1v) is 10.9. The minimum absolute atomic E-state index is 0.0300. The van der Waals surface area contributed by atoms with Crippen molar-refractivity contribution in [2.24, 2.45) is 11.8 Å². The fourth-order valence-corrected chi connectivity index (χ4v) is 4.82. The highest BCUT2D eigenvalue weighted by molar-refractivity contribution is 5.89. The van der Waals surface area contributed by atoms with Crippen LogP contribution in [0, 0.1) is 18.8 Å². The minimum atomic E-state index is -0.403. The molecule has 0 aromatic heterocycles. The molecule has 0 radical (unpaired) electrons. The van der Waals surface area contributed by atoms with Crippen LogP contribution < -0.4 is 10.1 Å². The number of aryl methyl sites for hydroxylation is 1. The van der Waals surface area contributed by atoms with Gasteiger partial charge in [-0.05, 0) is 61.6 Å². The summed E-state index contributed by atoms with van der Waals surface area (Å²) in [6.07, 6.45) is 5.22. The molecular formula is C23H33N3O3. The van der Waals surface area contributed by atoms with Gasteiger partial charge in [-0.2, -0.15) is 0 Å². The second-order valence-electron chi connectivity index (χ2n) is 8.96. The molecule has 29 heavy (non-hydrogen) atoms. The minimum Gasteiger partial charge on any atom is -0.496 e. The lowest BCUT2D eigenvalue weighted by atomic mass is 10.0. The molecule has 158 valence electrons. The van der Waals surface area contributed by atoms with E-state index in [0.29, 0.717) is 31.0 Å². The molecule has 1 N–H and O–H groups in total. The van der Waals surface area contributed by atoms with Crippen molar-refractivity contribution in [1.29, 1.82) is 0 Å². The van der Waals surface area contributed by atoms with E-state index in [1.165, 1.54) is 25.7 Å². The number of carbonyl (C=O) groups is 2. The molecule has 3 fully saturated rings. The van der Waals surface area contributed by atoms with Crippen molar-refractivity contribution in [1.82, 2.24) is 15.1 Å². The maximum atomic E-state index is 13.1. The summed E-state index contributed by atoms with van der Waals surface area (Å²) in [5.74, 6) is 2.29. The Morgan fingerprint density at radius 1 is 1.28 bits per heavy atom. The first kappa shape index (κ1) is 20.2. The van der Waals surface area contributed by atoms with E-state index in [4.69, 9.17) is 4.74 Å². The summed E-state index contributed by atoms with van der Waals surface area (Å²) < 4.78 is 5.35. The van der Waals surface area contributed by atoms with Crippen LogP contribution in [0.3, 0.4) is 0 Å². The number of carbonyl (C=O) groups excluding carboxylic acids is 2. The van der Waals surface area contributed by atoms with Crippen LogP contribution in [0.15, 0.2) is 18.2 Å². The Kier molecular flexibility index (Phi) is 5.81. The lowest BCUT2D eigenvalue weighted by Crippen LogP contribution is -2.56. The van der Waals surface area contributed by atoms with Gasteiger partial charge in [0, 0.05) is 32.7 Å². The standard InChI is InChI=1S/C23H33N3O3/c1-15-12-16(4-9-20(15)29-3)14-26-11-10-24-23(28)19(26)13-21(27)25(2)22(17-5-6-17)18-7-8-18/h4,9,12,17-19,22H,5-8,10-11,13-14H2,1-3H3,(H,24,28). The number of hydrogen-bond acceptors (Lipinski definition) is 4. The Labute approximate surface area is 173 Å². The molecule has 4 rings (SSSR count). The average molecular weight is 400 g/mol. The Balaban J connectivity index is 1.44. The summed E-state index contributed by atoms with van der Waals surface area (Å²) in [5.41, 5.74) is 2.22. The summed E-state index contributed by atoms with van der Waals surface area (Å²) in [5, 5.41) is 2.95. The van der Waals surface area contributed by atoms with Crippen LogP contribution in [0.4, 0.5) is 0 Å². The molecule has 1 aromatic rings. The van der Waals surface area contributed by atoms with Crippen molar-refractivity contribution in [3.05, 3.63) is 29.3 Å². The van der Waals surface area contributed by atoms with Crippen LogP contribution in [-0.4, -0.2) is 60.9 Å². The van der Waals surface area contributed by atoms with E-state index < -0.39 is 6.04 Å². The Morgan fingerprint density at radius 2 is 1.97 bits per heavy atom. The lowest BCUT2D eigenvalue weighted by Gasteiger charge is -2.36. The van der Waals surface area contributed by atoms with Crippen LogP contribution in [0.25, 0.3) is 0 Å². The van der Waals surface area contributed by atoms with E-state index in [9.17, 15) is 9.59 Å². The molecule has 6 heteroatoms. The molecule has 0 bridgehead atoms. The lowest BCUT2D eigenvalue weighted by molar-refractivity contribution is -0.140. The predicted octanol–water partition coefficient (Wildman–Crippen LogP) is 2.34. The van der Waals surface area contributed by atoms with Gasteiger partial charge in [-0.15, -0.1) is 0 Å². The number of hydrogen-bond donors (Lipinski definition) is 1. The number of nitrogens with one attached hydrogen (secondary N) is 1. The largest absolute Gasteiger partial charge is 0.496 e. The normalized spacial score (nSPS) is 22.5. The van der Waals surface area contributed by atoms with E-state index >= 15 is 0 Å². The van der Waals surface area contributed by atoms with Gasteiger partial charge in [0.25, 0.3) is 0 Å². The molecule has 2 saturated carbocycles. The van der Waals surface area contributed by atoms with Gasteiger partial charge in [0.05, 0.1) is 19.6 Å². The number of ether oxygens (including phenoxy) is 1.